The van der Waals surface area contributed by atoms with Crippen LogP contribution in [0.15, 0.2) is 18.2 Å². The Hall–Kier alpha value is -0.420. The Labute approximate surface area is 147 Å². The second kappa shape index (κ2) is 10.4. The van der Waals surface area contributed by atoms with Crippen molar-refractivity contribution in [3.8, 4) is 0 Å². The molecule has 0 spiro atoms. The van der Waals surface area contributed by atoms with Crippen molar-refractivity contribution in [2.45, 2.75) is 19.1 Å². The van der Waals surface area contributed by atoms with E-state index in [1.807, 2.05) is 12.1 Å². The largest absolute Gasteiger partial charge is 0.356 e. The summed E-state index contributed by atoms with van der Waals surface area (Å²) in [5.41, 5.74) is 1.13. The topological polar surface area (TPSA) is 33.5 Å². The van der Waals surface area contributed by atoms with Crippen molar-refractivity contribution < 1.29 is 9.69 Å². The SMILES string of the molecule is C[C@@H](CNC(=O)CCSCc1ccc(Cl)c(Cl)c1)C[NH+](C)C. The van der Waals surface area contributed by atoms with E-state index in [0.717, 1.165) is 30.2 Å². The van der Waals surface area contributed by atoms with E-state index in [-0.39, 0.29) is 5.91 Å². The van der Waals surface area contributed by atoms with Crippen LogP contribution in [-0.4, -0.2) is 38.8 Å². The van der Waals surface area contributed by atoms with Crippen LogP contribution in [0.1, 0.15) is 18.9 Å². The number of hydrogen-bond donors (Lipinski definition) is 2. The van der Waals surface area contributed by atoms with E-state index >= 15 is 0 Å². The second-order valence-corrected chi connectivity index (χ2v) is 7.79. The van der Waals surface area contributed by atoms with Crippen LogP contribution in [-0.2, 0) is 10.5 Å². The number of rotatable bonds is 9. The smallest absolute Gasteiger partial charge is 0.220 e. The zero-order valence-electron chi connectivity index (χ0n) is 13.4. The van der Waals surface area contributed by atoms with Crippen molar-refractivity contribution in [2.75, 3.05) is 32.9 Å². The summed E-state index contributed by atoms with van der Waals surface area (Å²) >= 11 is 13.6. The predicted octanol–water partition coefficient (Wildman–Crippen LogP) is 2.51. The highest BCUT2D eigenvalue weighted by Gasteiger charge is 2.08. The average Bonchev–Trinajstić information content (AvgIpc) is 2.44. The molecule has 0 saturated heterocycles. The summed E-state index contributed by atoms with van der Waals surface area (Å²) in [6.45, 7) is 3.97. The van der Waals surface area contributed by atoms with Gasteiger partial charge in [-0.05, 0) is 17.7 Å². The van der Waals surface area contributed by atoms with E-state index in [1.54, 1.807) is 17.8 Å². The van der Waals surface area contributed by atoms with Crippen LogP contribution in [0.4, 0.5) is 0 Å². The lowest BCUT2D eigenvalue weighted by molar-refractivity contribution is -0.861. The Kier molecular flexibility index (Phi) is 9.25. The molecule has 0 aliphatic carbocycles. The van der Waals surface area contributed by atoms with Crippen LogP contribution in [0.3, 0.4) is 0 Å². The van der Waals surface area contributed by atoms with Crippen molar-refractivity contribution in [1.29, 1.82) is 0 Å². The number of quaternary nitrogens is 1. The van der Waals surface area contributed by atoms with E-state index in [2.05, 4.69) is 26.3 Å². The molecule has 1 aromatic rings. The molecular formula is C16H25Cl2N2OS+. The van der Waals surface area contributed by atoms with Crippen molar-refractivity contribution in [1.82, 2.24) is 5.32 Å². The lowest BCUT2D eigenvalue weighted by Gasteiger charge is -2.15. The maximum atomic E-state index is 11.8. The van der Waals surface area contributed by atoms with Crippen molar-refractivity contribution >= 4 is 40.9 Å². The third-order valence-corrected chi connectivity index (χ3v) is 4.90. The molecule has 0 aliphatic rings. The van der Waals surface area contributed by atoms with Gasteiger partial charge < -0.3 is 10.2 Å². The zero-order chi connectivity index (χ0) is 16.5. The Morgan fingerprint density at radius 3 is 2.68 bits per heavy atom. The van der Waals surface area contributed by atoms with Gasteiger partial charge in [-0.15, -0.1) is 0 Å². The van der Waals surface area contributed by atoms with Crippen molar-refractivity contribution in [3.63, 3.8) is 0 Å². The normalized spacial score (nSPS) is 12.5. The number of thioether (sulfide) groups is 1. The highest BCUT2D eigenvalue weighted by atomic mass is 35.5. The monoisotopic (exact) mass is 363 g/mol. The summed E-state index contributed by atoms with van der Waals surface area (Å²) in [6.07, 6.45) is 0.549. The van der Waals surface area contributed by atoms with Gasteiger partial charge in [0, 0.05) is 30.4 Å². The molecule has 0 saturated carbocycles. The predicted molar refractivity (Wildman–Crippen MR) is 97.1 cm³/mol. The van der Waals surface area contributed by atoms with Gasteiger partial charge in [0.25, 0.3) is 0 Å². The summed E-state index contributed by atoms with van der Waals surface area (Å²) in [5, 5.41) is 4.15. The lowest BCUT2D eigenvalue weighted by Crippen LogP contribution is -3.06. The van der Waals surface area contributed by atoms with E-state index in [4.69, 9.17) is 23.2 Å². The molecule has 3 nitrogen and oxygen atoms in total. The van der Waals surface area contributed by atoms with Gasteiger partial charge in [0.1, 0.15) is 0 Å². The number of carbonyl (C=O) groups excluding carboxylic acids is 1. The first-order valence-corrected chi connectivity index (χ1v) is 9.37. The van der Waals surface area contributed by atoms with E-state index in [9.17, 15) is 4.79 Å². The molecule has 1 atom stereocenters. The van der Waals surface area contributed by atoms with E-state index in [0.29, 0.717) is 22.4 Å². The van der Waals surface area contributed by atoms with Crippen LogP contribution in [0.25, 0.3) is 0 Å². The van der Waals surface area contributed by atoms with Gasteiger partial charge in [-0.2, -0.15) is 11.8 Å². The fourth-order valence-electron chi connectivity index (χ4n) is 2.13. The molecule has 0 aromatic heterocycles. The Balaban J connectivity index is 2.16. The van der Waals surface area contributed by atoms with Crippen molar-refractivity contribution in [3.05, 3.63) is 33.8 Å². The molecule has 0 heterocycles. The first kappa shape index (κ1) is 19.6. The summed E-state index contributed by atoms with van der Waals surface area (Å²) in [5.74, 6) is 2.27. The first-order valence-electron chi connectivity index (χ1n) is 7.46. The van der Waals surface area contributed by atoms with Crippen LogP contribution >= 0.6 is 35.0 Å². The Morgan fingerprint density at radius 1 is 1.32 bits per heavy atom. The number of nitrogens with one attached hydrogen (secondary N) is 2. The quantitative estimate of drug-likeness (QED) is 0.661. The molecular weight excluding hydrogens is 339 g/mol. The molecule has 22 heavy (non-hydrogen) atoms. The molecule has 0 bridgehead atoms. The van der Waals surface area contributed by atoms with Crippen LogP contribution in [0.5, 0.6) is 0 Å². The average molecular weight is 364 g/mol. The molecule has 124 valence electrons. The Bertz CT molecular complexity index is 483. The molecule has 0 unspecified atom stereocenters. The van der Waals surface area contributed by atoms with E-state index in [1.165, 1.54) is 4.90 Å². The third-order valence-electron chi connectivity index (χ3n) is 3.13. The fraction of sp³-hybridized carbons (Fsp3) is 0.562. The van der Waals surface area contributed by atoms with Crippen LogP contribution in [0, 0.1) is 5.92 Å². The number of amides is 1. The summed E-state index contributed by atoms with van der Waals surface area (Å²) in [4.78, 5) is 13.2. The molecule has 0 fully saturated rings. The number of hydrogen-bond acceptors (Lipinski definition) is 2. The van der Waals surface area contributed by atoms with Gasteiger partial charge in [-0.25, -0.2) is 0 Å². The van der Waals surface area contributed by atoms with Gasteiger partial charge in [-0.1, -0.05) is 36.2 Å². The number of benzene rings is 1. The molecule has 2 N–H and O–H groups in total. The van der Waals surface area contributed by atoms with Crippen LogP contribution in [0.2, 0.25) is 10.0 Å². The standard InChI is InChI=1S/C16H24Cl2N2OS/c1-12(10-20(2)3)9-19-16(21)6-7-22-11-13-4-5-14(17)15(18)8-13/h4-5,8,12H,6-7,9-11H2,1-3H3,(H,19,21)/p+1/t12-/m0/s1. The summed E-state index contributed by atoms with van der Waals surface area (Å²) in [6, 6.07) is 5.65. The molecule has 1 rings (SSSR count). The fourth-order valence-corrected chi connectivity index (χ4v) is 3.34. The maximum absolute atomic E-state index is 11.8. The zero-order valence-corrected chi connectivity index (χ0v) is 15.7. The van der Waals surface area contributed by atoms with Gasteiger partial charge in [-0.3, -0.25) is 4.79 Å². The summed E-state index contributed by atoms with van der Waals surface area (Å²) < 4.78 is 0. The molecule has 0 radical (unpaired) electrons. The minimum absolute atomic E-state index is 0.127. The highest BCUT2D eigenvalue weighted by Crippen LogP contribution is 2.24. The highest BCUT2D eigenvalue weighted by molar-refractivity contribution is 7.98. The minimum Gasteiger partial charge on any atom is -0.356 e. The second-order valence-electron chi connectivity index (χ2n) is 5.87. The Morgan fingerprint density at radius 2 is 2.05 bits per heavy atom. The molecule has 1 amide bonds. The van der Waals surface area contributed by atoms with E-state index < -0.39 is 0 Å². The lowest BCUT2D eigenvalue weighted by atomic mass is 10.1. The van der Waals surface area contributed by atoms with Gasteiger partial charge in [0.15, 0.2) is 0 Å². The van der Waals surface area contributed by atoms with Crippen LogP contribution < -0.4 is 10.2 Å². The number of halogens is 2. The molecule has 6 heteroatoms. The molecule has 1 aromatic carbocycles. The van der Waals surface area contributed by atoms with Crippen molar-refractivity contribution in [2.24, 2.45) is 5.92 Å². The minimum atomic E-state index is 0.127. The maximum Gasteiger partial charge on any atom is 0.220 e. The third kappa shape index (κ3) is 8.28. The first-order chi connectivity index (χ1) is 10.4. The number of carbonyl (C=O) groups is 1. The van der Waals surface area contributed by atoms with Gasteiger partial charge in [0.05, 0.1) is 30.7 Å². The van der Waals surface area contributed by atoms with Gasteiger partial charge >= 0.3 is 0 Å². The molecule has 0 aliphatic heterocycles. The van der Waals surface area contributed by atoms with Gasteiger partial charge in [0.2, 0.25) is 5.91 Å². The summed E-state index contributed by atoms with van der Waals surface area (Å²) in [7, 11) is 4.25.